The standard InChI is InChI=1S/C12H10BrN3/c1-8-4-3-5-12(9(8)2)16-7-10(13)11(6-14)15-16/h3-5,7H,1-2H3. The fraction of sp³-hybridized carbons (Fsp3) is 0.167. The van der Waals surface area contributed by atoms with Crippen LogP contribution in [0, 0.1) is 25.2 Å². The molecule has 2 rings (SSSR count). The lowest BCUT2D eigenvalue weighted by molar-refractivity contribution is 0.863. The van der Waals surface area contributed by atoms with Gasteiger partial charge in [0.15, 0.2) is 5.69 Å². The molecular formula is C12H10BrN3. The van der Waals surface area contributed by atoms with Gasteiger partial charge < -0.3 is 0 Å². The first-order valence-corrected chi connectivity index (χ1v) is 5.64. The molecule has 0 N–H and O–H groups in total. The summed E-state index contributed by atoms with van der Waals surface area (Å²) >= 11 is 3.31. The number of nitriles is 1. The molecule has 0 fully saturated rings. The van der Waals surface area contributed by atoms with Gasteiger partial charge in [0.05, 0.1) is 10.2 Å². The van der Waals surface area contributed by atoms with Crippen LogP contribution in [0.3, 0.4) is 0 Å². The Labute approximate surface area is 102 Å². The van der Waals surface area contributed by atoms with E-state index in [0.717, 1.165) is 10.2 Å². The highest BCUT2D eigenvalue weighted by molar-refractivity contribution is 9.10. The Hall–Kier alpha value is -1.60. The Morgan fingerprint density at radius 2 is 2.12 bits per heavy atom. The molecule has 0 aliphatic carbocycles. The molecule has 1 heterocycles. The molecule has 0 unspecified atom stereocenters. The fourth-order valence-electron chi connectivity index (χ4n) is 1.54. The normalized spacial score (nSPS) is 10.1. The third-order valence-electron chi connectivity index (χ3n) is 2.60. The van der Waals surface area contributed by atoms with Crippen molar-refractivity contribution in [2.24, 2.45) is 0 Å². The molecule has 0 saturated carbocycles. The number of halogens is 1. The topological polar surface area (TPSA) is 41.6 Å². The monoisotopic (exact) mass is 275 g/mol. The number of aryl methyl sites for hydroxylation is 1. The summed E-state index contributed by atoms with van der Waals surface area (Å²) in [5.74, 6) is 0. The zero-order valence-electron chi connectivity index (χ0n) is 9.03. The minimum Gasteiger partial charge on any atom is -0.238 e. The second-order valence-corrected chi connectivity index (χ2v) is 4.46. The molecule has 3 nitrogen and oxygen atoms in total. The molecule has 0 saturated heterocycles. The van der Waals surface area contributed by atoms with Gasteiger partial charge in [0.2, 0.25) is 0 Å². The molecule has 0 bridgehead atoms. The van der Waals surface area contributed by atoms with Crippen LogP contribution in [0.4, 0.5) is 0 Å². The number of hydrogen-bond acceptors (Lipinski definition) is 2. The minimum atomic E-state index is 0.404. The quantitative estimate of drug-likeness (QED) is 0.803. The SMILES string of the molecule is Cc1cccc(-n2cc(Br)c(C#N)n2)c1C. The predicted molar refractivity (Wildman–Crippen MR) is 65.5 cm³/mol. The van der Waals surface area contributed by atoms with Gasteiger partial charge >= 0.3 is 0 Å². The maximum Gasteiger partial charge on any atom is 0.177 e. The van der Waals surface area contributed by atoms with Crippen LogP contribution in [0.15, 0.2) is 28.9 Å². The third-order valence-corrected chi connectivity index (χ3v) is 3.18. The molecule has 16 heavy (non-hydrogen) atoms. The van der Waals surface area contributed by atoms with Gasteiger partial charge in [0, 0.05) is 6.20 Å². The molecule has 0 aliphatic rings. The number of rotatable bonds is 1. The summed E-state index contributed by atoms with van der Waals surface area (Å²) in [4.78, 5) is 0. The Bertz CT molecular complexity index is 578. The van der Waals surface area contributed by atoms with Crippen molar-refractivity contribution in [3.63, 3.8) is 0 Å². The highest BCUT2D eigenvalue weighted by atomic mass is 79.9. The van der Waals surface area contributed by atoms with Gasteiger partial charge in [-0.05, 0) is 47.0 Å². The largest absolute Gasteiger partial charge is 0.238 e. The van der Waals surface area contributed by atoms with Crippen LogP contribution in [0.25, 0.3) is 5.69 Å². The van der Waals surface area contributed by atoms with Crippen molar-refractivity contribution in [3.8, 4) is 11.8 Å². The lowest BCUT2D eigenvalue weighted by Gasteiger charge is -2.07. The van der Waals surface area contributed by atoms with Crippen LogP contribution >= 0.6 is 15.9 Å². The van der Waals surface area contributed by atoms with E-state index in [1.165, 1.54) is 11.1 Å². The van der Waals surface area contributed by atoms with Gasteiger partial charge in [-0.25, -0.2) is 4.68 Å². The molecule has 0 atom stereocenters. The van der Waals surface area contributed by atoms with E-state index in [-0.39, 0.29) is 0 Å². The second kappa shape index (κ2) is 4.11. The summed E-state index contributed by atoms with van der Waals surface area (Å²) in [6.07, 6.45) is 1.81. The van der Waals surface area contributed by atoms with Crippen LogP contribution in [0.1, 0.15) is 16.8 Å². The maximum absolute atomic E-state index is 8.85. The summed E-state index contributed by atoms with van der Waals surface area (Å²) in [6, 6.07) is 8.07. The van der Waals surface area contributed by atoms with Crippen LogP contribution in [-0.2, 0) is 0 Å². The zero-order valence-corrected chi connectivity index (χ0v) is 10.6. The van der Waals surface area contributed by atoms with Crippen molar-refractivity contribution in [3.05, 3.63) is 45.7 Å². The van der Waals surface area contributed by atoms with Crippen molar-refractivity contribution < 1.29 is 0 Å². The smallest absolute Gasteiger partial charge is 0.177 e. The number of benzene rings is 1. The van der Waals surface area contributed by atoms with Gasteiger partial charge in [-0.15, -0.1) is 0 Å². The van der Waals surface area contributed by atoms with Crippen molar-refractivity contribution in [2.45, 2.75) is 13.8 Å². The van der Waals surface area contributed by atoms with Crippen molar-refractivity contribution in [1.82, 2.24) is 9.78 Å². The van der Waals surface area contributed by atoms with Crippen molar-refractivity contribution in [1.29, 1.82) is 5.26 Å². The van der Waals surface area contributed by atoms with E-state index < -0.39 is 0 Å². The molecule has 4 heteroatoms. The molecule has 0 radical (unpaired) electrons. The Morgan fingerprint density at radius 1 is 1.38 bits per heavy atom. The summed E-state index contributed by atoms with van der Waals surface area (Å²) in [5.41, 5.74) is 3.78. The van der Waals surface area contributed by atoms with E-state index in [4.69, 9.17) is 5.26 Å². The van der Waals surface area contributed by atoms with Gasteiger partial charge in [-0.1, -0.05) is 12.1 Å². The van der Waals surface area contributed by atoms with Crippen molar-refractivity contribution >= 4 is 15.9 Å². The minimum absolute atomic E-state index is 0.404. The molecule has 1 aromatic carbocycles. The molecular weight excluding hydrogens is 266 g/mol. The van der Waals surface area contributed by atoms with Gasteiger partial charge in [0.25, 0.3) is 0 Å². The Kier molecular flexibility index (Phi) is 2.80. The molecule has 1 aromatic heterocycles. The second-order valence-electron chi connectivity index (χ2n) is 3.60. The van der Waals surface area contributed by atoms with E-state index >= 15 is 0 Å². The van der Waals surface area contributed by atoms with Crippen LogP contribution < -0.4 is 0 Å². The first kappa shape index (κ1) is 10.9. The van der Waals surface area contributed by atoms with E-state index in [1.807, 2.05) is 25.1 Å². The Balaban J connectivity index is 2.60. The lowest BCUT2D eigenvalue weighted by atomic mass is 10.1. The first-order valence-electron chi connectivity index (χ1n) is 4.85. The predicted octanol–water partition coefficient (Wildman–Crippen LogP) is 3.12. The first-order chi connectivity index (χ1) is 7.63. The summed E-state index contributed by atoms with van der Waals surface area (Å²) in [7, 11) is 0. The number of hydrogen-bond donors (Lipinski definition) is 0. The summed E-state index contributed by atoms with van der Waals surface area (Å²) < 4.78 is 2.45. The van der Waals surface area contributed by atoms with Crippen LogP contribution in [0.2, 0.25) is 0 Å². The van der Waals surface area contributed by atoms with Crippen LogP contribution in [-0.4, -0.2) is 9.78 Å². The average Bonchev–Trinajstić information content (AvgIpc) is 2.63. The number of nitrogens with zero attached hydrogens (tertiary/aromatic N) is 3. The molecule has 0 spiro atoms. The Morgan fingerprint density at radius 3 is 2.75 bits per heavy atom. The fourth-order valence-corrected chi connectivity index (χ4v) is 1.90. The molecule has 2 aromatic rings. The van der Waals surface area contributed by atoms with Gasteiger partial charge in [-0.3, -0.25) is 0 Å². The number of aromatic nitrogens is 2. The molecule has 80 valence electrons. The maximum atomic E-state index is 8.85. The summed E-state index contributed by atoms with van der Waals surface area (Å²) in [5, 5.41) is 13.1. The van der Waals surface area contributed by atoms with Gasteiger partial charge in [-0.2, -0.15) is 10.4 Å². The van der Waals surface area contributed by atoms with Crippen molar-refractivity contribution in [2.75, 3.05) is 0 Å². The highest BCUT2D eigenvalue weighted by Gasteiger charge is 2.09. The summed E-state index contributed by atoms with van der Waals surface area (Å²) in [6.45, 7) is 4.11. The van der Waals surface area contributed by atoms with E-state index in [2.05, 4.69) is 34.0 Å². The van der Waals surface area contributed by atoms with E-state index in [1.54, 1.807) is 10.9 Å². The molecule has 0 aliphatic heterocycles. The zero-order chi connectivity index (χ0) is 11.7. The third kappa shape index (κ3) is 1.74. The van der Waals surface area contributed by atoms with Gasteiger partial charge in [0.1, 0.15) is 6.07 Å². The average molecular weight is 276 g/mol. The van der Waals surface area contributed by atoms with E-state index in [9.17, 15) is 0 Å². The van der Waals surface area contributed by atoms with Crippen LogP contribution in [0.5, 0.6) is 0 Å². The molecule has 0 amide bonds. The highest BCUT2D eigenvalue weighted by Crippen LogP contribution is 2.21. The lowest BCUT2D eigenvalue weighted by Crippen LogP contribution is -1.99. The van der Waals surface area contributed by atoms with E-state index in [0.29, 0.717) is 5.69 Å².